The molecule has 0 aromatic carbocycles. The molecule has 0 aliphatic heterocycles. The Bertz CT molecular complexity index is 121. The number of likely N-dealkylation sites (N-methyl/N-ethyl adjacent to an activating group) is 1. The van der Waals surface area contributed by atoms with Crippen molar-refractivity contribution < 1.29 is 5.11 Å². The summed E-state index contributed by atoms with van der Waals surface area (Å²) < 4.78 is 0. The molecule has 0 amide bonds. The van der Waals surface area contributed by atoms with E-state index >= 15 is 0 Å². The molecule has 1 aliphatic carbocycles. The zero-order chi connectivity index (χ0) is 8.43. The third-order valence-electron chi connectivity index (χ3n) is 2.55. The zero-order valence-electron chi connectivity index (χ0n) is 7.75. The van der Waals surface area contributed by atoms with E-state index in [4.69, 9.17) is 5.11 Å². The number of aliphatic hydroxyl groups is 1. The van der Waals surface area contributed by atoms with Crippen LogP contribution in [-0.2, 0) is 0 Å². The largest absolute Gasteiger partial charge is 0.392 e. The molecule has 0 aromatic heterocycles. The number of nitrogens with zero attached hydrogens (tertiary/aromatic N) is 1. The molecule has 2 nitrogen and oxygen atoms in total. The van der Waals surface area contributed by atoms with E-state index in [9.17, 15) is 0 Å². The summed E-state index contributed by atoms with van der Waals surface area (Å²) in [5.41, 5.74) is 0. The van der Waals surface area contributed by atoms with Gasteiger partial charge in [-0.2, -0.15) is 0 Å². The van der Waals surface area contributed by atoms with Crippen LogP contribution in [0.3, 0.4) is 0 Å². The Labute approximate surface area is 69.2 Å². The highest BCUT2D eigenvalue weighted by Crippen LogP contribution is 2.34. The van der Waals surface area contributed by atoms with Crippen LogP contribution in [0.1, 0.15) is 26.7 Å². The highest BCUT2D eigenvalue weighted by Gasteiger charge is 2.30. The normalized spacial score (nSPS) is 23.7. The standard InChI is InChI=1S/C9H19NO/c1-7(11)6-10(3)8(2)9-4-5-9/h7-9,11H,4-6H2,1-3H3/t7-,8?/m1/s1. The summed E-state index contributed by atoms with van der Waals surface area (Å²) in [4.78, 5) is 2.25. The molecule has 11 heavy (non-hydrogen) atoms. The molecule has 1 rings (SSSR count). The summed E-state index contributed by atoms with van der Waals surface area (Å²) in [6, 6.07) is 0.657. The molecule has 0 heterocycles. The fourth-order valence-electron chi connectivity index (χ4n) is 1.52. The minimum Gasteiger partial charge on any atom is -0.392 e. The van der Waals surface area contributed by atoms with Gasteiger partial charge in [0, 0.05) is 12.6 Å². The second-order valence-corrected chi connectivity index (χ2v) is 3.87. The van der Waals surface area contributed by atoms with Crippen molar-refractivity contribution in [3.8, 4) is 0 Å². The number of rotatable bonds is 4. The lowest BCUT2D eigenvalue weighted by Crippen LogP contribution is -2.36. The smallest absolute Gasteiger partial charge is 0.0639 e. The van der Waals surface area contributed by atoms with Crippen molar-refractivity contribution >= 4 is 0 Å². The fourth-order valence-corrected chi connectivity index (χ4v) is 1.52. The van der Waals surface area contributed by atoms with Crippen LogP contribution in [0, 0.1) is 5.92 Å². The van der Waals surface area contributed by atoms with Gasteiger partial charge in [-0.15, -0.1) is 0 Å². The van der Waals surface area contributed by atoms with Crippen LogP contribution in [0.2, 0.25) is 0 Å². The molecule has 0 saturated heterocycles. The van der Waals surface area contributed by atoms with Gasteiger partial charge in [0.05, 0.1) is 6.10 Å². The molecular weight excluding hydrogens is 138 g/mol. The van der Waals surface area contributed by atoms with Crippen molar-refractivity contribution in [3.05, 3.63) is 0 Å². The molecule has 2 atom stereocenters. The monoisotopic (exact) mass is 157 g/mol. The van der Waals surface area contributed by atoms with E-state index in [1.54, 1.807) is 0 Å². The minimum atomic E-state index is -0.193. The summed E-state index contributed by atoms with van der Waals surface area (Å²) in [6.45, 7) is 4.90. The summed E-state index contributed by atoms with van der Waals surface area (Å²) >= 11 is 0. The van der Waals surface area contributed by atoms with E-state index in [1.807, 2.05) is 6.92 Å². The molecule has 1 unspecified atom stereocenters. The Balaban J connectivity index is 2.21. The summed E-state index contributed by atoms with van der Waals surface area (Å²) in [7, 11) is 2.09. The molecule has 1 fully saturated rings. The first-order valence-corrected chi connectivity index (χ1v) is 4.49. The van der Waals surface area contributed by atoms with E-state index in [0.717, 1.165) is 12.5 Å². The van der Waals surface area contributed by atoms with Gasteiger partial charge < -0.3 is 10.0 Å². The van der Waals surface area contributed by atoms with E-state index in [2.05, 4.69) is 18.9 Å². The molecule has 1 N–H and O–H groups in total. The lowest BCUT2D eigenvalue weighted by atomic mass is 10.2. The van der Waals surface area contributed by atoms with Crippen LogP contribution in [-0.4, -0.2) is 35.7 Å². The third kappa shape index (κ3) is 2.80. The molecular formula is C9H19NO. The Morgan fingerprint density at radius 3 is 2.36 bits per heavy atom. The highest BCUT2D eigenvalue weighted by atomic mass is 16.3. The van der Waals surface area contributed by atoms with Crippen molar-refractivity contribution in [2.24, 2.45) is 5.92 Å². The first kappa shape index (κ1) is 9.01. The third-order valence-corrected chi connectivity index (χ3v) is 2.55. The maximum Gasteiger partial charge on any atom is 0.0639 e. The average molecular weight is 157 g/mol. The molecule has 66 valence electrons. The maximum absolute atomic E-state index is 9.13. The molecule has 0 radical (unpaired) electrons. The summed E-state index contributed by atoms with van der Waals surface area (Å²) in [5.74, 6) is 0.902. The highest BCUT2D eigenvalue weighted by molar-refractivity contribution is 4.84. The molecule has 0 spiro atoms. The SMILES string of the molecule is CC(C1CC1)N(C)C[C@@H](C)O. The number of hydrogen-bond donors (Lipinski definition) is 1. The zero-order valence-corrected chi connectivity index (χ0v) is 7.75. The van der Waals surface area contributed by atoms with Crippen LogP contribution >= 0.6 is 0 Å². The second kappa shape index (κ2) is 3.55. The maximum atomic E-state index is 9.13. The topological polar surface area (TPSA) is 23.5 Å². The molecule has 1 aliphatic rings. The van der Waals surface area contributed by atoms with Crippen molar-refractivity contribution in [3.63, 3.8) is 0 Å². The van der Waals surface area contributed by atoms with Crippen LogP contribution in [0.15, 0.2) is 0 Å². The van der Waals surface area contributed by atoms with Gasteiger partial charge in [0.1, 0.15) is 0 Å². The van der Waals surface area contributed by atoms with E-state index in [1.165, 1.54) is 12.8 Å². The Kier molecular flexibility index (Phi) is 2.90. The van der Waals surface area contributed by atoms with Gasteiger partial charge in [-0.1, -0.05) is 0 Å². The van der Waals surface area contributed by atoms with E-state index in [0.29, 0.717) is 6.04 Å². The van der Waals surface area contributed by atoms with Crippen molar-refractivity contribution in [2.45, 2.75) is 38.8 Å². The predicted octanol–water partition coefficient (Wildman–Crippen LogP) is 1.10. The number of hydrogen-bond acceptors (Lipinski definition) is 2. The van der Waals surface area contributed by atoms with Crippen LogP contribution in [0.25, 0.3) is 0 Å². The molecule has 1 saturated carbocycles. The number of aliphatic hydroxyl groups excluding tert-OH is 1. The van der Waals surface area contributed by atoms with Crippen molar-refractivity contribution in [1.29, 1.82) is 0 Å². The summed E-state index contributed by atoms with van der Waals surface area (Å²) in [6.07, 6.45) is 2.57. The van der Waals surface area contributed by atoms with Gasteiger partial charge in [0.25, 0.3) is 0 Å². The van der Waals surface area contributed by atoms with Crippen LogP contribution in [0.5, 0.6) is 0 Å². The summed E-state index contributed by atoms with van der Waals surface area (Å²) in [5, 5.41) is 9.13. The van der Waals surface area contributed by atoms with Gasteiger partial charge in [-0.3, -0.25) is 0 Å². The average Bonchev–Trinajstić information content (AvgIpc) is 2.65. The Morgan fingerprint density at radius 1 is 1.45 bits per heavy atom. The molecule has 0 bridgehead atoms. The van der Waals surface area contributed by atoms with E-state index in [-0.39, 0.29) is 6.10 Å². The molecule has 0 aromatic rings. The van der Waals surface area contributed by atoms with Crippen LogP contribution < -0.4 is 0 Å². The van der Waals surface area contributed by atoms with Crippen molar-refractivity contribution in [1.82, 2.24) is 4.90 Å². The van der Waals surface area contributed by atoms with Gasteiger partial charge >= 0.3 is 0 Å². The van der Waals surface area contributed by atoms with Crippen molar-refractivity contribution in [2.75, 3.05) is 13.6 Å². The molecule has 2 heteroatoms. The minimum absolute atomic E-state index is 0.193. The van der Waals surface area contributed by atoms with E-state index < -0.39 is 0 Å². The lowest BCUT2D eigenvalue weighted by molar-refractivity contribution is 0.115. The van der Waals surface area contributed by atoms with Crippen LogP contribution in [0.4, 0.5) is 0 Å². The van der Waals surface area contributed by atoms with Gasteiger partial charge in [-0.25, -0.2) is 0 Å². The Morgan fingerprint density at radius 2 is 2.00 bits per heavy atom. The second-order valence-electron chi connectivity index (χ2n) is 3.87. The van der Waals surface area contributed by atoms with Gasteiger partial charge in [0.2, 0.25) is 0 Å². The first-order chi connectivity index (χ1) is 5.11. The quantitative estimate of drug-likeness (QED) is 0.660. The Hall–Kier alpha value is -0.0800. The van der Waals surface area contributed by atoms with Gasteiger partial charge in [0.15, 0.2) is 0 Å². The van der Waals surface area contributed by atoms with Gasteiger partial charge in [-0.05, 0) is 39.7 Å². The predicted molar refractivity (Wildman–Crippen MR) is 46.5 cm³/mol. The fraction of sp³-hybridized carbons (Fsp3) is 1.00. The first-order valence-electron chi connectivity index (χ1n) is 4.49. The lowest BCUT2D eigenvalue weighted by Gasteiger charge is -2.25.